The van der Waals surface area contributed by atoms with Crippen molar-refractivity contribution in [2.24, 2.45) is 0 Å². The zero-order valence-corrected chi connectivity index (χ0v) is 9.80. The average molecular weight is 251 g/mol. The molecule has 0 unspecified atom stereocenters. The minimum atomic E-state index is -1.07. The molecule has 2 rings (SSSR count). The van der Waals surface area contributed by atoms with E-state index < -0.39 is 12.0 Å². The molecule has 1 heterocycles. The molecule has 0 spiro atoms. The number of carboxylic acid groups (broad SMARTS) is 1. The first-order valence-electron chi connectivity index (χ1n) is 5.47. The molecule has 0 saturated heterocycles. The summed E-state index contributed by atoms with van der Waals surface area (Å²) < 4.78 is 10.5. The van der Waals surface area contributed by atoms with Crippen molar-refractivity contribution >= 4 is 11.9 Å². The van der Waals surface area contributed by atoms with E-state index in [1.54, 1.807) is 18.2 Å². The van der Waals surface area contributed by atoms with Crippen molar-refractivity contribution in [2.75, 3.05) is 6.79 Å². The number of carboxylic acids is 1. The molecule has 18 heavy (non-hydrogen) atoms. The van der Waals surface area contributed by atoms with Gasteiger partial charge in [0.15, 0.2) is 11.5 Å². The number of rotatable bonds is 4. The van der Waals surface area contributed by atoms with Crippen molar-refractivity contribution < 1.29 is 24.2 Å². The summed E-state index contributed by atoms with van der Waals surface area (Å²) in [6, 6.07) is 4.35. The number of ether oxygens (including phenoxy) is 2. The van der Waals surface area contributed by atoms with Gasteiger partial charge in [-0.15, -0.1) is 0 Å². The predicted octanol–water partition coefficient (Wildman–Crippen LogP) is 0.547. The van der Waals surface area contributed by atoms with Crippen molar-refractivity contribution in [3.63, 3.8) is 0 Å². The number of carbonyl (C=O) groups excluding carboxylic acids is 1. The Kier molecular flexibility index (Phi) is 3.36. The van der Waals surface area contributed by atoms with Crippen LogP contribution in [0.3, 0.4) is 0 Å². The van der Waals surface area contributed by atoms with Crippen LogP contribution in [0, 0.1) is 0 Å². The third-order valence-corrected chi connectivity index (χ3v) is 2.58. The van der Waals surface area contributed by atoms with E-state index in [0.29, 0.717) is 17.1 Å². The maximum Gasteiger partial charge on any atom is 0.325 e. The minimum absolute atomic E-state index is 0.0597. The highest BCUT2D eigenvalue weighted by molar-refractivity contribution is 5.85. The molecule has 0 aromatic heterocycles. The van der Waals surface area contributed by atoms with Gasteiger partial charge < -0.3 is 19.9 Å². The van der Waals surface area contributed by atoms with Gasteiger partial charge in [-0.05, 0) is 13.0 Å². The van der Waals surface area contributed by atoms with Gasteiger partial charge in [0, 0.05) is 5.56 Å². The average Bonchev–Trinajstić information content (AvgIpc) is 2.77. The number of aliphatic carboxylic acids is 1. The van der Waals surface area contributed by atoms with E-state index in [9.17, 15) is 9.59 Å². The van der Waals surface area contributed by atoms with Gasteiger partial charge in [-0.3, -0.25) is 9.59 Å². The van der Waals surface area contributed by atoms with Gasteiger partial charge in [0.25, 0.3) is 0 Å². The lowest BCUT2D eigenvalue weighted by molar-refractivity contribution is -0.141. The number of hydrogen-bond donors (Lipinski definition) is 2. The number of hydrogen-bond acceptors (Lipinski definition) is 4. The summed E-state index contributed by atoms with van der Waals surface area (Å²) in [6.07, 6.45) is 0.0597. The largest absolute Gasteiger partial charge is 0.480 e. The fourth-order valence-corrected chi connectivity index (χ4v) is 1.66. The highest BCUT2D eigenvalue weighted by atomic mass is 16.7. The predicted molar refractivity (Wildman–Crippen MR) is 61.5 cm³/mol. The fourth-order valence-electron chi connectivity index (χ4n) is 1.66. The van der Waals surface area contributed by atoms with Gasteiger partial charge >= 0.3 is 5.97 Å². The summed E-state index contributed by atoms with van der Waals surface area (Å²) in [4.78, 5) is 22.3. The smallest absolute Gasteiger partial charge is 0.325 e. The molecule has 1 aromatic rings. The number of amides is 1. The van der Waals surface area contributed by atoms with Crippen LogP contribution in [-0.2, 0) is 16.0 Å². The Balaban J connectivity index is 2.04. The molecule has 6 heteroatoms. The van der Waals surface area contributed by atoms with Crippen LogP contribution in [0.15, 0.2) is 18.2 Å². The van der Waals surface area contributed by atoms with Crippen molar-refractivity contribution in [2.45, 2.75) is 19.4 Å². The van der Waals surface area contributed by atoms with Crippen LogP contribution in [-0.4, -0.2) is 29.8 Å². The van der Waals surface area contributed by atoms with Gasteiger partial charge in [0.05, 0.1) is 6.42 Å². The van der Waals surface area contributed by atoms with Crippen molar-refractivity contribution in [3.8, 4) is 11.5 Å². The molecular formula is C12H13NO5. The minimum Gasteiger partial charge on any atom is -0.480 e. The lowest BCUT2D eigenvalue weighted by Gasteiger charge is -2.10. The first-order valence-corrected chi connectivity index (χ1v) is 5.47. The maximum absolute atomic E-state index is 11.7. The van der Waals surface area contributed by atoms with Crippen LogP contribution in [0.1, 0.15) is 12.5 Å². The van der Waals surface area contributed by atoms with Crippen molar-refractivity contribution in [1.82, 2.24) is 5.32 Å². The molecule has 0 saturated carbocycles. The molecule has 0 aliphatic carbocycles. The van der Waals surface area contributed by atoms with E-state index in [-0.39, 0.29) is 19.1 Å². The molecule has 0 fully saturated rings. The van der Waals surface area contributed by atoms with Crippen LogP contribution in [0.5, 0.6) is 11.5 Å². The van der Waals surface area contributed by atoms with Crippen molar-refractivity contribution in [3.05, 3.63) is 23.8 Å². The second kappa shape index (κ2) is 4.95. The third-order valence-electron chi connectivity index (χ3n) is 2.58. The Morgan fingerprint density at radius 3 is 2.94 bits per heavy atom. The molecule has 96 valence electrons. The van der Waals surface area contributed by atoms with Crippen molar-refractivity contribution in [1.29, 1.82) is 0 Å². The monoisotopic (exact) mass is 251 g/mol. The number of para-hydroxylation sites is 1. The molecule has 1 aromatic carbocycles. The van der Waals surface area contributed by atoms with E-state index in [1.165, 1.54) is 6.92 Å². The first-order chi connectivity index (χ1) is 8.58. The number of carbonyl (C=O) groups is 2. The second-order valence-corrected chi connectivity index (χ2v) is 3.96. The second-order valence-electron chi connectivity index (χ2n) is 3.96. The number of fused-ring (bicyclic) bond motifs is 1. The van der Waals surface area contributed by atoms with E-state index in [1.807, 2.05) is 0 Å². The van der Waals surface area contributed by atoms with Gasteiger partial charge in [-0.2, -0.15) is 0 Å². The number of nitrogens with one attached hydrogen (secondary N) is 1. The molecular weight excluding hydrogens is 238 g/mol. The van der Waals surface area contributed by atoms with Gasteiger partial charge in [0.2, 0.25) is 12.7 Å². The van der Waals surface area contributed by atoms with E-state index in [0.717, 1.165) is 0 Å². The molecule has 1 aliphatic rings. The summed E-state index contributed by atoms with van der Waals surface area (Å²) in [5, 5.41) is 11.1. The molecule has 1 aliphatic heterocycles. The van der Waals surface area contributed by atoms with E-state index >= 15 is 0 Å². The summed E-state index contributed by atoms with van der Waals surface area (Å²) in [7, 11) is 0. The van der Waals surface area contributed by atoms with Crippen LogP contribution in [0.4, 0.5) is 0 Å². The topological polar surface area (TPSA) is 84.9 Å². The van der Waals surface area contributed by atoms with Gasteiger partial charge in [-0.25, -0.2) is 0 Å². The fraction of sp³-hybridized carbons (Fsp3) is 0.333. The molecule has 1 amide bonds. The zero-order valence-electron chi connectivity index (χ0n) is 9.80. The summed E-state index contributed by atoms with van der Waals surface area (Å²) in [6.45, 7) is 1.55. The SMILES string of the molecule is C[C@H](NC(=O)Cc1cccc2c1OCO2)C(=O)O. The van der Waals surface area contributed by atoms with E-state index in [4.69, 9.17) is 14.6 Å². The maximum atomic E-state index is 11.7. The van der Waals surface area contributed by atoms with Crippen LogP contribution < -0.4 is 14.8 Å². The zero-order chi connectivity index (χ0) is 13.1. The van der Waals surface area contributed by atoms with Crippen LogP contribution >= 0.6 is 0 Å². The molecule has 0 radical (unpaired) electrons. The first kappa shape index (κ1) is 12.2. The lowest BCUT2D eigenvalue weighted by atomic mass is 10.1. The Morgan fingerprint density at radius 1 is 1.44 bits per heavy atom. The molecule has 2 N–H and O–H groups in total. The lowest BCUT2D eigenvalue weighted by Crippen LogP contribution is -2.39. The normalized spacial score (nSPS) is 14.1. The van der Waals surface area contributed by atoms with Gasteiger partial charge in [-0.1, -0.05) is 12.1 Å². The summed E-state index contributed by atoms with van der Waals surface area (Å²) >= 11 is 0. The Labute approximate surface area is 104 Å². The quantitative estimate of drug-likeness (QED) is 0.816. The Bertz CT molecular complexity index is 485. The highest BCUT2D eigenvalue weighted by Crippen LogP contribution is 2.35. The summed E-state index contributed by atoms with van der Waals surface area (Å²) in [5.74, 6) is -0.280. The van der Waals surface area contributed by atoms with Gasteiger partial charge in [0.1, 0.15) is 6.04 Å². The Hall–Kier alpha value is -2.24. The molecule has 1 atom stereocenters. The van der Waals surface area contributed by atoms with Crippen LogP contribution in [0.2, 0.25) is 0 Å². The molecule has 6 nitrogen and oxygen atoms in total. The highest BCUT2D eigenvalue weighted by Gasteiger charge is 2.20. The standard InChI is InChI=1S/C12H13NO5/c1-7(12(15)16)13-10(14)5-8-3-2-4-9-11(8)18-6-17-9/h2-4,7H,5-6H2,1H3,(H,13,14)(H,15,16)/t7-/m0/s1. The third kappa shape index (κ3) is 2.53. The number of benzene rings is 1. The summed E-state index contributed by atoms with van der Waals surface area (Å²) in [5.41, 5.74) is 0.681. The van der Waals surface area contributed by atoms with Crippen LogP contribution in [0.25, 0.3) is 0 Å². The molecule has 0 bridgehead atoms. The van der Waals surface area contributed by atoms with E-state index in [2.05, 4.69) is 5.32 Å². The Morgan fingerprint density at radius 2 is 2.22 bits per heavy atom.